The second kappa shape index (κ2) is 10.8. The molecule has 168 valence electrons. The quantitative estimate of drug-likeness (QED) is 0.541. The van der Waals surface area contributed by atoms with Gasteiger partial charge >= 0.3 is 6.03 Å². The van der Waals surface area contributed by atoms with Gasteiger partial charge < -0.3 is 19.9 Å². The van der Waals surface area contributed by atoms with Crippen LogP contribution in [0.25, 0.3) is 0 Å². The number of ether oxygens (including phenoxy) is 1. The van der Waals surface area contributed by atoms with Gasteiger partial charge in [0.2, 0.25) is 0 Å². The molecule has 0 saturated carbocycles. The maximum Gasteiger partial charge on any atom is 0.315 e. The van der Waals surface area contributed by atoms with Crippen molar-refractivity contribution in [2.45, 2.75) is 32.0 Å². The summed E-state index contributed by atoms with van der Waals surface area (Å²) in [4.78, 5) is 19.0. The SMILES string of the molecule is COc1ccc(C(CNC(=O)NCc2ccc(Cn3ccnc3)cc2)N2CCCC2)cc1. The van der Waals surface area contributed by atoms with Crippen LogP contribution >= 0.6 is 0 Å². The molecule has 32 heavy (non-hydrogen) atoms. The smallest absolute Gasteiger partial charge is 0.315 e. The van der Waals surface area contributed by atoms with E-state index in [0.29, 0.717) is 13.1 Å². The largest absolute Gasteiger partial charge is 0.497 e. The van der Waals surface area contributed by atoms with E-state index < -0.39 is 0 Å². The van der Waals surface area contributed by atoms with Gasteiger partial charge in [-0.3, -0.25) is 4.90 Å². The standard InChI is InChI=1S/C25H31N5O2/c1-32-23-10-8-22(9-11-23)24(30-13-2-3-14-30)17-28-25(31)27-16-20-4-6-21(7-5-20)18-29-15-12-26-19-29/h4-12,15,19,24H,2-3,13-14,16-18H2,1H3,(H2,27,28,31). The third kappa shape index (κ3) is 5.88. The van der Waals surface area contributed by atoms with Gasteiger partial charge in [0.1, 0.15) is 5.75 Å². The molecule has 2 aromatic carbocycles. The van der Waals surface area contributed by atoms with E-state index >= 15 is 0 Å². The molecule has 0 bridgehead atoms. The van der Waals surface area contributed by atoms with Crippen molar-refractivity contribution in [2.75, 3.05) is 26.7 Å². The Labute approximate surface area is 189 Å². The van der Waals surface area contributed by atoms with Gasteiger partial charge in [0.25, 0.3) is 0 Å². The number of rotatable bonds is 9. The Balaban J connectivity index is 1.28. The lowest BCUT2D eigenvalue weighted by atomic mass is 10.1. The molecule has 7 heteroatoms. The van der Waals surface area contributed by atoms with Gasteiger partial charge in [-0.05, 0) is 54.8 Å². The number of aromatic nitrogens is 2. The summed E-state index contributed by atoms with van der Waals surface area (Å²) in [5.41, 5.74) is 3.46. The second-order valence-corrected chi connectivity index (χ2v) is 8.15. The van der Waals surface area contributed by atoms with E-state index in [1.54, 1.807) is 19.6 Å². The first-order chi connectivity index (χ1) is 15.7. The van der Waals surface area contributed by atoms with Gasteiger partial charge in [-0.15, -0.1) is 0 Å². The van der Waals surface area contributed by atoms with Crippen molar-refractivity contribution < 1.29 is 9.53 Å². The highest BCUT2D eigenvalue weighted by atomic mass is 16.5. The summed E-state index contributed by atoms with van der Waals surface area (Å²) in [7, 11) is 1.67. The number of benzene rings is 2. The fourth-order valence-corrected chi connectivity index (χ4v) is 4.12. The van der Waals surface area contributed by atoms with E-state index in [-0.39, 0.29) is 12.1 Å². The van der Waals surface area contributed by atoms with E-state index in [4.69, 9.17) is 4.74 Å². The third-order valence-corrected chi connectivity index (χ3v) is 5.94. The summed E-state index contributed by atoms with van der Waals surface area (Å²) >= 11 is 0. The molecule has 0 aliphatic carbocycles. The molecular formula is C25H31N5O2. The first kappa shape index (κ1) is 21.9. The number of carbonyl (C=O) groups excluding carboxylic acids is 1. The second-order valence-electron chi connectivity index (χ2n) is 8.15. The van der Waals surface area contributed by atoms with Crippen molar-refractivity contribution in [3.8, 4) is 5.75 Å². The summed E-state index contributed by atoms with van der Waals surface area (Å²) in [6.07, 6.45) is 7.94. The average molecular weight is 434 g/mol. The molecule has 1 atom stereocenters. The minimum atomic E-state index is -0.148. The van der Waals surface area contributed by atoms with E-state index in [0.717, 1.165) is 30.9 Å². The molecule has 1 unspecified atom stereocenters. The molecular weight excluding hydrogens is 402 g/mol. The topological polar surface area (TPSA) is 71.4 Å². The normalized spacial score (nSPS) is 14.8. The highest BCUT2D eigenvalue weighted by molar-refractivity contribution is 5.73. The summed E-state index contributed by atoms with van der Waals surface area (Å²) < 4.78 is 7.31. The molecule has 1 aliphatic heterocycles. The van der Waals surface area contributed by atoms with Gasteiger partial charge in [0, 0.05) is 32.0 Å². The zero-order chi connectivity index (χ0) is 22.2. The molecule has 0 radical (unpaired) electrons. The molecule has 3 aromatic rings. The Hall–Kier alpha value is -3.32. The van der Waals surface area contributed by atoms with Crippen LogP contribution in [0, 0.1) is 0 Å². The zero-order valence-electron chi connectivity index (χ0n) is 18.5. The third-order valence-electron chi connectivity index (χ3n) is 5.94. The Morgan fingerprint density at radius 3 is 2.41 bits per heavy atom. The molecule has 2 N–H and O–H groups in total. The van der Waals surface area contributed by atoms with Gasteiger partial charge in [-0.25, -0.2) is 9.78 Å². The van der Waals surface area contributed by atoms with Crippen molar-refractivity contribution in [3.63, 3.8) is 0 Å². The molecule has 2 heterocycles. The van der Waals surface area contributed by atoms with Crippen molar-refractivity contribution in [2.24, 2.45) is 0 Å². The van der Waals surface area contributed by atoms with Crippen molar-refractivity contribution >= 4 is 6.03 Å². The number of carbonyl (C=O) groups is 1. The molecule has 1 saturated heterocycles. The summed E-state index contributed by atoms with van der Waals surface area (Å²) in [5, 5.41) is 6.04. The van der Waals surface area contributed by atoms with Crippen LogP contribution in [0.5, 0.6) is 5.75 Å². The van der Waals surface area contributed by atoms with Crippen LogP contribution in [0.15, 0.2) is 67.3 Å². The van der Waals surface area contributed by atoms with Crippen LogP contribution < -0.4 is 15.4 Å². The Morgan fingerprint density at radius 2 is 1.75 bits per heavy atom. The number of amides is 2. The molecule has 7 nitrogen and oxygen atoms in total. The van der Waals surface area contributed by atoms with Gasteiger partial charge in [0.15, 0.2) is 0 Å². The van der Waals surface area contributed by atoms with Gasteiger partial charge in [-0.1, -0.05) is 36.4 Å². The predicted molar refractivity (Wildman–Crippen MR) is 125 cm³/mol. The number of likely N-dealkylation sites (tertiary alicyclic amines) is 1. The van der Waals surface area contributed by atoms with E-state index in [2.05, 4.69) is 56.9 Å². The number of hydrogen-bond acceptors (Lipinski definition) is 4. The lowest BCUT2D eigenvalue weighted by molar-refractivity contribution is 0.220. The zero-order valence-corrected chi connectivity index (χ0v) is 18.5. The van der Waals surface area contributed by atoms with E-state index in [1.165, 1.54) is 24.0 Å². The molecule has 0 spiro atoms. The van der Waals surface area contributed by atoms with Crippen LogP contribution in [0.1, 0.15) is 35.6 Å². The highest BCUT2D eigenvalue weighted by Gasteiger charge is 2.24. The predicted octanol–water partition coefficient (Wildman–Crippen LogP) is 3.58. The number of urea groups is 1. The van der Waals surface area contributed by atoms with Crippen molar-refractivity contribution in [1.29, 1.82) is 0 Å². The molecule has 1 fully saturated rings. The molecule has 4 rings (SSSR count). The lowest BCUT2D eigenvalue weighted by Crippen LogP contribution is -2.41. The number of nitrogens with zero attached hydrogens (tertiary/aromatic N) is 3. The first-order valence-electron chi connectivity index (χ1n) is 11.1. The van der Waals surface area contributed by atoms with Crippen LogP contribution in [0.2, 0.25) is 0 Å². The Kier molecular flexibility index (Phi) is 7.40. The first-order valence-corrected chi connectivity index (χ1v) is 11.1. The number of methoxy groups -OCH3 is 1. The fourth-order valence-electron chi connectivity index (χ4n) is 4.12. The lowest BCUT2D eigenvalue weighted by Gasteiger charge is -2.28. The average Bonchev–Trinajstić information content (AvgIpc) is 3.54. The van der Waals surface area contributed by atoms with Crippen LogP contribution in [0.3, 0.4) is 0 Å². The fraction of sp³-hybridized carbons (Fsp3) is 0.360. The summed E-state index contributed by atoms with van der Waals surface area (Å²) in [5.74, 6) is 0.843. The highest BCUT2D eigenvalue weighted by Crippen LogP contribution is 2.26. The molecule has 1 aliphatic rings. The van der Waals surface area contributed by atoms with Gasteiger partial charge in [-0.2, -0.15) is 0 Å². The van der Waals surface area contributed by atoms with Crippen LogP contribution in [-0.4, -0.2) is 47.2 Å². The van der Waals surface area contributed by atoms with Crippen LogP contribution in [-0.2, 0) is 13.1 Å². The number of imidazole rings is 1. The Morgan fingerprint density at radius 1 is 1.03 bits per heavy atom. The number of nitrogens with one attached hydrogen (secondary N) is 2. The summed E-state index contributed by atoms with van der Waals surface area (Å²) in [6.45, 7) is 3.98. The summed E-state index contributed by atoms with van der Waals surface area (Å²) in [6, 6.07) is 16.4. The maximum atomic E-state index is 12.5. The van der Waals surface area contributed by atoms with E-state index in [9.17, 15) is 4.79 Å². The number of hydrogen-bond donors (Lipinski definition) is 2. The minimum Gasteiger partial charge on any atom is -0.497 e. The van der Waals surface area contributed by atoms with Crippen molar-refractivity contribution in [3.05, 3.63) is 83.9 Å². The van der Waals surface area contributed by atoms with Gasteiger partial charge in [0.05, 0.1) is 19.5 Å². The molecule has 1 aromatic heterocycles. The van der Waals surface area contributed by atoms with E-state index in [1.807, 2.05) is 22.9 Å². The van der Waals surface area contributed by atoms with Crippen molar-refractivity contribution in [1.82, 2.24) is 25.1 Å². The Bertz CT molecular complexity index is 965. The minimum absolute atomic E-state index is 0.148. The monoisotopic (exact) mass is 433 g/mol. The van der Waals surface area contributed by atoms with Crippen LogP contribution in [0.4, 0.5) is 4.79 Å². The maximum absolute atomic E-state index is 12.5. The molecule has 2 amide bonds.